The molecule has 1 heteroatoms. The monoisotopic (exact) mass is 226 g/mol. The molecule has 0 bridgehead atoms. The van der Waals surface area contributed by atoms with Gasteiger partial charge < -0.3 is 0 Å². The lowest BCUT2D eigenvalue weighted by Crippen LogP contribution is -2.16. The zero-order valence-electron chi connectivity index (χ0n) is 10.5. The summed E-state index contributed by atoms with van der Waals surface area (Å²) in [4.78, 5) is 0. The Morgan fingerprint density at radius 2 is 1.94 bits per heavy atom. The van der Waals surface area contributed by atoms with Crippen LogP contribution in [0.4, 0.5) is 0 Å². The van der Waals surface area contributed by atoms with Gasteiger partial charge in [0.05, 0.1) is 0 Å². The summed E-state index contributed by atoms with van der Waals surface area (Å²) in [6.45, 7) is 9.04. The summed E-state index contributed by atoms with van der Waals surface area (Å²) in [5, 5.41) is 0. The molecule has 0 amide bonds. The molecule has 0 N–H and O–H groups in total. The van der Waals surface area contributed by atoms with Gasteiger partial charge in [0, 0.05) is 5.56 Å². The summed E-state index contributed by atoms with van der Waals surface area (Å²) in [5.74, 6) is 3.37. The van der Waals surface area contributed by atoms with Crippen molar-refractivity contribution in [2.75, 3.05) is 0 Å². The molecule has 0 unspecified atom stereocenters. The Kier molecular flexibility index (Phi) is 2.78. The van der Waals surface area contributed by atoms with Crippen molar-refractivity contribution in [3.05, 3.63) is 40.5 Å². The first kappa shape index (κ1) is 11.2. The van der Waals surface area contributed by atoms with E-state index in [-0.39, 0.29) is 0 Å². The van der Waals surface area contributed by atoms with E-state index in [9.17, 15) is 0 Å². The molecule has 1 aromatic rings. The van der Waals surface area contributed by atoms with Crippen LogP contribution in [0.15, 0.2) is 23.8 Å². The first-order valence-corrected chi connectivity index (χ1v) is 9.28. The number of allylic oxidation sites excluding steroid dienone is 1. The van der Waals surface area contributed by atoms with Crippen molar-refractivity contribution in [3.8, 4) is 11.5 Å². The minimum atomic E-state index is -1.27. The summed E-state index contributed by atoms with van der Waals surface area (Å²) in [6, 6.07) is 6.47. The molecule has 0 heterocycles. The Bertz CT molecular complexity index is 504. The molecular formula is C15H18Si. The Morgan fingerprint density at radius 1 is 1.19 bits per heavy atom. The predicted octanol–water partition coefficient (Wildman–Crippen LogP) is 3.87. The van der Waals surface area contributed by atoms with E-state index in [1.54, 1.807) is 0 Å². The molecule has 16 heavy (non-hydrogen) atoms. The summed E-state index contributed by atoms with van der Waals surface area (Å²) in [5.41, 5.74) is 8.87. The second-order valence-electron chi connectivity index (χ2n) is 5.55. The second kappa shape index (κ2) is 3.96. The highest BCUT2D eigenvalue weighted by atomic mass is 28.3. The van der Waals surface area contributed by atoms with Crippen molar-refractivity contribution in [1.82, 2.24) is 0 Å². The minimum absolute atomic E-state index is 1.10. The van der Waals surface area contributed by atoms with Gasteiger partial charge in [-0.05, 0) is 30.5 Å². The smallest absolute Gasteiger partial charge is 0.127 e. The van der Waals surface area contributed by atoms with Crippen LogP contribution in [-0.4, -0.2) is 8.07 Å². The third-order valence-corrected chi connectivity index (χ3v) is 3.50. The molecule has 0 radical (unpaired) electrons. The van der Waals surface area contributed by atoms with Crippen molar-refractivity contribution in [2.45, 2.75) is 33.0 Å². The van der Waals surface area contributed by atoms with Gasteiger partial charge in [0.1, 0.15) is 8.07 Å². The molecule has 0 atom stereocenters. The third kappa shape index (κ3) is 2.45. The SMILES string of the molecule is CC1=Cc2c(C#C[Si](C)(C)C)cccc2C1. The van der Waals surface area contributed by atoms with E-state index in [1.807, 2.05) is 0 Å². The largest absolute Gasteiger partial charge is 0.129 e. The average molecular weight is 226 g/mol. The molecule has 82 valence electrons. The number of fused-ring (bicyclic) bond motifs is 1. The zero-order valence-corrected chi connectivity index (χ0v) is 11.5. The molecule has 0 aliphatic heterocycles. The molecule has 1 aromatic carbocycles. The summed E-state index contributed by atoms with van der Waals surface area (Å²) < 4.78 is 0. The van der Waals surface area contributed by atoms with E-state index in [0.717, 1.165) is 6.42 Å². The maximum atomic E-state index is 3.44. The van der Waals surface area contributed by atoms with Crippen LogP contribution in [0.25, 0.3) is 6.08 Å². The number of hydrogen-bond acceptors (Lipinski definition) is 0. The van der Waals surface area contributed by atoms with Crippen LogP contribution in [0.1, 0.15) is 23.6 Å². The highest BCUT2D eigenvalue weighted by Gasteiger charge is 2.12. The highest BCUT2D eigenvalue weighted by molar-refractivity contribution is 6.83. The van der Waals surface area contributed by atoms with Gasteiger partial charge in [0.15, 0.2) is 0 Å². The maximum absolute atomic E-state index is 3.44. The van der Waals surface area contributed by atoms with Crippen LogP contribution in [-0.2, 0) is 6.42 Å². The fourth-order valence-electron chi connectivity index (χ4n) is 1.90. The molecule has 1 aliphatic carbocycles. The lowest BCUT2D eigenvalue weighted by molar-refractivity contribution is 1.19. The summed E-state index contributed by atoms with van der Waals surface area (Å²) in [7, 11) is -1.27. The van der Waals surface area contributed by atoms with Gasteiger partial charge in [0.25, 0.3) is 0 Å². The standard InChI is InChI=1S/C15H18Si/c1-12-10-14-7-5-6-13(15(14)11-12)8-9-16(2,3)4/h5-7,11H,10H2,1-4H3. The minimum Gasteiger partial charge on any atom is -0.127 e. The van der Waals surface area contributed by atoms with Crippen molar-refractivity contribution in [1.29, 1.82) is 0 Å². The fraction of sp³-hybridized carbons (Fsp3) is 0.333. The molecule has 1 aliphatic rings. The fourth-order valence-corrected chi connectivity index (χ4v) is 2.41. The van der Waals surface area contributed by atoms with Crippen LogP contribution in [0.2, 0.25) is 19.6 Å². The number of rotatable bonds is 0. The molecule has 0 saturated heterocycles. The first-order chi connectivity index (χ1) is 7.46. The molecule has 0 saturated carbocycles. The zero-order chi connectivity index (χ0) is 11.8. The van der Waals surface area contributed by atoms with Gasteiger partial charge in [-0.3, -0.25) is 0 Å². The van der Waals surface area contributed by atoms with Crippen LogP contribution in [0, 0.1) is 11.5 Å². The Labute approximate surface area is 99.4 Å². The average Bonchev–Trinajstić information content (AvgIpc) is 2.54. The lowest BCUT2D eigenvalue weighted by atomic mass is 10.0. The van der Waals surface area contributed by atoms with Gasteiger partial charge in [0.2, 0.25) is 0 Å². The second-order valence-corrected chi connectivity index (χ2v) is 10.3. The van der Waals surface area contributed by atoms with Gasteiger partial charge >= 0.3 is 0 Å². The van der Waals surface area contributed by atoms with Crippen LogP contribution in [0.3, 0.4) is 0 Å². The summed E-state index contributed by atoms with van der Waals surface area (Å²) in [6.07, 6.45) is 3.38. The van der Waals surface area contributed by atoms with Gasteiger partial charge in [-0.25, -0.2) is 0 Å². The van der Waals surface area contributed by atoms with Crippen LogP contribution < -0.4 is 0 Å². The molecule has 0 aromatic heterocycles. The molecule has 0 nitrogen and oxygen atoms in total. The summed E-state index contributed by atoms with van der Waals surface area (Å²) >= 11 is 0. The molecule has 0 spiro atoms. The maximum Gasteiger partial charge on any atom is 0.129 e. The predicted molar refractivity (Wildman–Crippen MR) is 74.0 cm³/mol. The van der Waals surface area contributed by atoms with Crippen LogP contribution in [0.5, 0.6) is 0 Å². The van der Waals surface area contributed by atoms with E-state index < -0.39 is 8.07 Å². The van der Waals surface area contributed by atoms with E-state index >= 15 is 0 Å². The van der Waals surface area contributed by atoms with Crippen molar-refractivity contribution in [2.24, 2.45) is 0 Å². The van der Waals surface area contributed by atoms with Crippen molar-refractivity contribution < 1.29 is 0 Å². The van der Waals surface area contributed by atoms with E-state index in [0.29, 0.717) is 0 Å². The Morgan fingerprint density at radius 3 is 2.62 bits per heavy atom. The van der Waals surface area contributed by atoms with Crippen molar-refractivity contribution >= 4 is 14.1 Å². The van der Waals surface area contributed by atoms with Crippen LogP contribution >= 0.6 is 0 Å². The molecule has 2 rings (SSSR count). The third-order valence-electron chi connectivity index (χ3n) is 2.63. The van der Waals surface area contributed by atoms with Gasteiger partial charge in [-0.1, -0.05) is 49.3 Å². The van der Waals surface area contributed by atoms with E-state index in [1.165, 1.54) is 22.3 Å². The quantitative estimate of drug-likeness (QED) is 0.465. The Balaban J connectivity index is 2.43. The molecular weight excluding hydrogens is 208 g/mol. The van der Waals surface area contributed by atoms with E-state index in [2.05, 4.69) is 62.3 Å². The molecule has 0 fully saturated rings. The topological polar surface area (TPSA) is 0 Å². The lowest BCUT2D eigenvalue weighted by Gasteiger charge is -2.05. The van der Waals surface area contributed by atoms with Crippen molar-refractivity contribution in [3.63, 3.8) is 0 Å². The Hall–Kier alpha value is -1.26. The number of benzene rings is 1. The van der Waals surface area contributed by atoms with Gasteiger partial charge in [-0.15, -0.1) is 5.54 Å². The van der Waals surface area contributed by atoms with E-state index in [4.69, 9.17) is 0 Å². The normalized spacial score (nSPS) is 13.9. The number of hydrogen-bond donors (Lipinski definition) is 0. The highest BCUT2D eigenvalue weighted by Crippen LogP contribution is 2.27. The van der Waals surface area contributed by atoms with Gasteiger partial charge in [-0.2, -0.15) is 0 Å². The first-order valence-electron chi connectivity index (χ1n) is 5.78.